The molecular weight excluding hydrogens is 392 g/mol. The molecule has 4 heterocycles. The van der Waals surface area contributed by atoms with Crippen molar-refractivity contribution in [2.75, 3.05) is 24.2 Å². The van der Waals surface area contributed by atoms with Gasteiger partial charge in [0.15, 0.2) is 0 Å². The van der Waals surface area contributed by atoms with Crippen molar-refractivity contribution >= 4 is 35.0 Å². The van der Waals surface area contributed by atoms with Crippen molar-refractivity contribution in [2.45, 2.75) is 43.2 Å². The third-order valence-corrected chi connectivity index (χ3v) is 7.09. The monoisotopic (exact) mass is 416 g/mol. The molecule has 0 saturated carbocycles. The Kier molecular flexibility index (Phi) is 6.50. The maximum absolute atomic E-state index is 12.5. The molecule has 0 spiro atoms. The van der Waals surface area contributed by atoms with Crippen LogP contribution < -0.4 is 5.32 Å². The minimum absolute atomic E-state index is 0.199. The number of thioether (sulfide) groups is 1. The molecule has 148 valence electrons. The summed E-state index contributed by atoms with van der Waals surface area (Å²) in [6.45, 7) is 2.51. The summed E-state index contributed by atoms with van der Waals surface area (Å²) in [5.74, 6) is 1.55. The van der Waals surface area contributed by atoms with Crippen LogP contribution in [0.2, 0.25) is 5.15 Å². The van der Waals surface area contributed by atoms with Gasteiger partial charge < -0.3 is 10.2 Å². The normalized spacial score (nSPS) is 22.5. The highest BCUT2D eigenvalue weighted by Crippen LogP contribution is 2.35. The molecule has 1 N–H and O–H groups in total. The molecule has 2 aliphatic rings. The van der Waals surface area contributed by atoms with Gasteiger partial charge in [0.1, 0.15) is 10.2 Å². The Labute approximate surface area is 175 Å². The lowest BCUT2D eigenvalue weighted by Crippen LogP contribution is -2.48. The van der Waals surface area contributed by atoms with Crippen molar-refractivity contribution < 1.29 is 4.79 Å². The number of pyridine rings is 2. The van der Waals surface area contributed by atoms with Gasteiger partial charge in [-0.15, -0.1) is 11.8 Å². The zero-order chi connectivity index (χ0) is 19.3. The molecule has 2 aromatic rings. The van der Waals surface area contributed by atoms with Gasteiger partial charge in [0.05, 0.1) is 11.3 Å². The van der Waals surface area contributed by atoms with E-state index in [4.69, 9.17) is 11.6 Å². The fourth-order valence-corrected chi connectivity index (χ4v) is 5.55. The molecule has 2 saturated heterocycles. The van der Waals surface area contributed by atoms with Crippen LogP contribution in [-0.2, 0) is 0 Å². The molecule has 2 fully saturated rings. The lowest BCUT2D eigenvalue weighted by molar-refractivity contribution is 0.0693. The number of fused-ring (bicyclic) bond motifs is 1. The highest BCUT2D eigenvalue weighted by atomic mass is 35.5. The first-order chi connectivity index (χ1) is 13.7. The minimum atomic E-state index is -0.199. The summed E-state index contributed by atoms with van der Waals surface area (Å²) in [6, 6.07) is 7.77. The fraction of sp³-hybridized carbons (Fsp3) is 0.476. The number of carbonyl (C=O) groups is 1. The van der Waals surface area contributed by atoms with Crippen molar-refractivity contribution in [1.29, 1.82) is 0 Å². The van der Waals surface area contributed by atoms with Gasteiger partial charge in [-0.3, -0.25) is 4.79 Å². The van der Waals surface area contributed by atoms with Gasteiger partial charge in [0, 0.05) is 24.2 Å². The Hall–Kier alpha value is -1.63. The van der Waals surface area contributed by atoms with Gasteiger partial charge in [-0.1, -0.05) is 18.0 Å². The first-order valence-electron chi connectivity index (χ1n) is 9.95. The lowest BCUT2D eigenvalue weighted by Gasteiger charge is -2.44. The second-order valence-corrected chi connectivity index (χ2v) is 8.89. The number of piperidine rings is 2. The van der Waals surface area contributed by atoms with Crippen LogP contribution in [0.3, 0.4) is 0 Å². The van der Waals surface area contributed by atoms with E-state index in [-0.39, 0.29) is 5.91 Å². The van der Waals surface area contributed by atoms with Crippen molar-refractivity contribution in [3.63, 3.8) is 0 Å². The van der Waals surface area contributed by atoms with E-state index in [2.05, 4.69) is 20.2 Å². The highest BCUT2D eigenvalue weighted by molar-refractivity contribution is 7.99. The summed E-state index contributed by atoms with van der Waals surface area (Å²) < 4.78 is 0. The molecule has 0 bridgehead atoms. The van der Waals surface area contributed by atoms with Gasteiger partial charge in [-0.05, 0) is 69.0 Å². The average molecular weight is 417 g/mol. The van der Waals surface area contributed by atoms with Gasteiger partial charge >= 0.3 is 0 Å². The van der Waals surface area contributed by atoms with Crippen LogP contribution in [0.1, 0.15) is 42.5 Å². The topological polar surface area (TPSA) is 58.1 Å². The van der Waals surface area contributed by atoms with Crippen molar-refractivity contribution in [3.8, 4) is 0 Å². The zero-order valence-electron chi connectivity index (χ0n) is 15.8. The summed E-state index contributed by atoms with van der Waals surface area (Å²) in [5.41, 5.74) is 1.23. The number of aromatic nitrogens is 2. The molecule has 0 aromatic carbocycles. The number of amides is 1. The predicted octanol–water partition coefficient (Wildman–Crippen LogP) is 4.74. The van der Waals surface area contributed by atoms with Gasteiger partial charge in [-0.25, -0.2) is 9.97 Å². The Morgan fingerprint density at radius 2 is 2.07 bits per heavy atom. The van der Waals surface area contributed by atoms with Crippen LogP contribution in [0.4, 0.5) is 5.69 Å². The molecular formula is C21H25ClN4OS. The van der Waals surface area contributed by atoms with Crippen LogP contribution in [0, 0.1) is 5.92 Å². The summed E-state index contributed by atoms with van der Waals surface area (Å²) in [6.07, 6.45) is 9.86. The number of halogens is 1. The van der Waals surface area contributed by atoms with Crippen molar-refractivity contribution in [3.05, 3.63) is 47.4 Å². The third kappa shape index (κ3) is 4.67. The second-order valence-electron chi connectivity index (χ2n) is 7.49. The van der Waals surface area contributed by atoms with Crippen molar-refractivity contribution in [2.24, 2.45) is 5.92 Å². The van der Waals surface area contributed by atoms with Crippen LogP contribution in [0.5, 0.6) is 0 Å². The SMILES string of the molecule is O=C(Nc1cccnc1SCC1CCCN2CCCCC12)c1ccc(Cl)nc1. The second kappa shape index (κ2) is 9.25. The Bertz CT molecular complexity index is 814. The maximum atomic E-state index is 12.5. The molecule has 2 atom stereocenters. The zero-order valence-corrected chi connectivity index (χ0v) is 17.4. The number of nitrogens with zero attached hydrogens (tertiary/aromatic N) is 3. The number of hydrogen-bond acceptors (Lipinski definition) is 5. The Balaban J connectivity index is 1.41. The number of nitrogens with one attached hydrogen (secondary N) is 1. The lowest BCUT2D eigenvalue weighted by atomic mass is 9.85. The Morgan fingerprint density at radius 1 is 1.18 bits per heavy atom. The number of anilines is 1. The first kappa shape index (κ1) is 19.7. The van der Waals surface area contributed by atoms with Crippen LogP contribution in [0.15, 0.2) is 41.7 Å². The number of carbonyl (C=O) groups excluding carboxylic acids is 1. The summed E-state index contributed by atoms with van der Waals surface area (Å²) >= 11 is 7.57. The molecule has 1 amide bonds. The molecule has 5 nitrogen and oxygen atoms in total. The quantitative estimate of drug-likeness (QED) is 0.563. The standard InChI is InChI=1S/C21H25ClN4OS/c22-19-9-8-15(13-24-19)20(27)25-17-6-3-10-23-21(17)28-14-16-5-4-12-26-11-2-1-7-18(16)26/h3,6,8-10,13,16,18H,1-2,4-5,7,11-12,14H2,(H,25,27). The van der Waals surface area contributed by atoms with E-state index >= 15 is 0 Å². The van der Waals surface area contributed by atoms with E-state index in [0.29, 0.717) is 16.6 Å². The fourth-order valence-electron chi connectivity index (χ4n) is 4.26. The van der Waals surface area contributed by atoms with E-state index in [0.717, 1.165) is 22.5 Å². The van der Waals surface area contributed by atoms with E-state index < -0.39 is 0 Å². The number of rotatable bonds is 5. The molecule has 2 aromatic heterocycles. The molecule has 0 aliphatic carbocycles. The number of hydrogen-bond donors (Lipinski definition) is 1. The van der Waals surface area contributed by atoms with Gasteiger partial charge in [0.25, 0.3) is 5.91 Å². The third-order valence-electron chi connectivity index (χ3n) is 5.67. The molecule has 4 rings (SSSR count). The predicted molar refractivity (Wildman–Crippen MR) is 114 cm³/mol. The van der Waals surface area contributed by atoms with Gasteiger partial charge in [-0.2, -0.15) is 0 Å². The van der Waals surface area contributed by atoms with E-state index in [9.17, 15) is 4.79 Å². The van der Waals surface area contributed by atoms with Crippen LogP contribution in [-0.4, -0.2) is 45.7 Å². The summed E-state index contributed by atoms with van der Waals surface area (Å²) in [5, 5.41) is 4.23. The molecule has 0 radical (unpaired) electrons. The molecule has 28 heavy (non-hydrogen) atoms. The highest BCUT2D eigenvalue weighted by Gasteiger charge is 2.33. The smallest absolute Gasteiger partial charge is 0.257 e. The largest absolute Gasteiger partial charge is 0.320 e. The van der Waals surface area contributed by atoms with Gasteiger partial charge in [0.2, 0.25) is 0 Å². The summed E-state index contributed by atoms with van der Waals surface area (Å²) in [7, 11) is 0. The van der Waals surface area contributed by atoms with E-state index in [1.807, 2.05) is 12.1 Å². The first-order valence-corrected chi connectivity index (χ1v) is 11.3. The molecule has 2 aliphatic heterocycles. The minimum Gasteiger partial charge on any atom is -0.320 e. The van der Waals surface area contributed by atoms with Crippen LogP contribution in [0.25, 0.3) is 0 Å². The average Bonchev–Trinajstić information content (AvgIpc) is 2.73. The van der Waals surface area contributed by atoms with E-state index in [1.165, 1.54) is 51.4 Å². The van der Waals surface area contributed by atoms with E-state index in [1.54, 1.807) is 30.1 Å². The molecule has 7 heteroatoms. The maximum Gasteiger partial charge on any atom is 0.257 e. The van der Waals surface area contributed by atoms with Crippen molar-refractivity contribution in [1.82, 2.24) is 14.9 Å². The Morgan fingerprint density at radius 3 is 2.93 bits per heavy atom. The summed E-state index contributed by atoms with van der Waals surface area (Å²) in [4.78, 5) is 23.7. The molecule has 2 unspecified atom stereocenters. The van der Waals surface area contributed by atoms with Crippen LogP contribution >= 0.6 is 23.4 Å².